The van der Waals surface area contributed by atoms with E-state index in [-0.39, 0.29) is 5.75 Å². The summed E-state index contributed by atoms with van der Waals surface area (Å²) in [7, 11) is -6.74. The average Bonchev–Trinajstić information content (AvgIpc) is 3.65. The van der Waals surface area contributed by atoms with E-state index in [1.165, 1.54) is 16.1 Å². The van der Waals surface area contributed by atoms with Crippen LogP contribution in [0.3, 0.4) is 0 Å². The van der Waals surface area contributed by atoms with Gasteiger partial charge in [0.15, 0.2) is 0 Å². The zero-order valence-electron chi connectivity index (χ0n) is 20.9. The second-order valence-corrected chi connectivity index (χ2v) is 15.6. The van der Waals surface area contributed by atoms with E-state index in [9.17, 15) is 16.8 Å². The maximum Gasteiger partial charge on any atom is 0.270 e. The molecule has 0 spiro atoms. The van der Waals surface area contributed by atoms with E-state index in [1.54, 1.807) is 22.6 Å². The molecule has 1 aromatic carbocycles. The van der Waals surface area contributed by atoms with Gasteiger partial charge in [0, 0.05) is 61.5 Å². The quantitative estimate of drug-likeness (QED) is 0.409. The Morgan fingerprint density at radius 3 is 2.57 bits per heavy atom. The standard InChI is InChI=1S/C24H31N5O4S4/c1-3-29(37(32,33)22-9-6-14-34-22)21-8-5-7-18-15-20(26-23(18)21)24-25-16-19(35-24)17-27-10-12-28(13-11-27)36(30,31)4-2/h5,7-9,15-16,26H,3-4,6,10-14,17H2,1-2H3. The summed E-state index contributed by atoms with van der Waals surface area (Å²) in [5.74, 6) is 0.930. The number of para-hydroxylation sites is 1. The lowest BCUT2D eigenvalue weighted by Crippen LogP contribution is -2.48. The van der Waals surface area contributed by atoms with Crippen molar-refractivity contribution in [1.82, 2.24) is 19.2 Å². The van der Waals surface area contributed by atoms with Crippen molar-refractivity contribution < 1.29 is 16.8 Å². The molecule has 0 amide bonds. The highest BCUT2D eigenvalue weighted by Crippen LogP contribution is 2.38. The summed E-state index contributed by atoms with van der Waals surface area (Å²) in [5, 5.41) is 1.77. The van der Waals surface area contributed by atoms with E-state index in [2.05, 4.69) is 14.9 Å². The van der Waals surface area contributed by atoms with Crippen molar-refractivity contribution in [3.8, 4) is 10.7 Å². The highest BCUT2D eigenvalue weighted by atomic mass is 32.3. The summed E-state index contributed by atoms with van der Waals surface area (Å²) in [4.78, 5) is 11.4. The number of allylic oxidation sites excluding steroid dienone is 1. The molecule has 13 heteroatoms. The van der Waals surface area contributed by atoms with Crippen LogP contribution in [0.4, 0.5) is 5.69 Å². The summed E-state index contributed by atoms with van der Waals surface area (Å²) in [5.41, 5.74) is 2.26. The third-order valence-corrected chi connectivity index (χ3v) is 13.1. The number of nitrogens with one attached hydrogen (secondary N) is 1. The fraction of sp³-hybridized carbons (Fsp3) is 0.458. The molecule has 1 saturated heterocycles. The number of piperazine rings is 1. The smallest absolute Gasteiger partial charge is 0.270 e. The fourth-order valence-corrected chi connectivity index (χ4v) is 9.79. The van der Waals surface area contributed by atoms with Crippen LogP contribution in [0.2, 0.25) is 0 Å². The Labute approximate surface area is 226 Å². The van der Waals surface area contributed by atoms with E-state index in [0.717, 1.165) is 45.2 Å². The molecule has 0 bridgehead atoms. The average molecular weight is 582 g/mol. The monoisotopic (exact) mass is 581 g/mol. The van der Waals surface area contributed by atoms with E-state index < -0.39 is 20.0 Å². The number of hydrogen-bond donors (Lipinski definition) is 1. The lowest BCUT2D eigenvalue weighted by atomic mass is 10.2. The van der Waals surface area contributed by atoms with Gasteiger partial charge in [-0.3, -0.25) is 9.21 Å². The van der Waals surface area contributed by atoms with Crippen molar-refractivity contribution in [3.05, 3.63) is 45.7 Å². The highest BCUT2D eigenvalue weighted by molar-refractivity contribution is 8.19. The number of sulfonamides is 2. The maximum atomic E-state index is 13.3. The fourth-order valence-electron chi connectivity index (χ4n) is 4.69. The first-order valence-corrected chi connectivity index (χ1v) is 17.2. The molecule has 5 rings (SSSR count). The predicted octanol–water partition coefficient (Wildman–Crippen LogP) is 3.89. The molecule has 4 heterocycles. The molecule has 2 aromatic heterocycles. The number of benzene rings is 1. The zero-order valence-corrected chi connectivity index (χ0v) is 24.1. The van der Waals surface area contributed by atoms with Crippen molar-refractivity contribution in [3.63, 3.8) is 0 Å². The van der Waals surface area contributed by atoms with Crippen LogP contribution in [-0.4, -0.2) is 80.2 Å². The van der Waals surface area contributed by atoms with Crippen LogP contribution in [0.5, 0.6) is 0 Å². The molecule has 0 atom stereocenters. The molecule has 0 unspecified atom stereocenters. The van der Waals surface area contributed by atoms with Gasteiger partial charge >= 0.3 is 0 Å². The summed E-state index contributed by atoms with van der Waals surface area (Å²) in [6, 6.07) is 7.71. The van der Waals surface area contributed by atoms with Crippen molar-refractivity contribution in [2.75, 3.05) is 48.5 Å². The number of thioether (sulfide) groups is 1. The van der Waals surface area contributed by atoms with Gasteiger partial charge in [-0.1, -0.05) is 18.2 Å². The number of nitrogens with zero attached hydrogens (tertiary/aromatic N) is 4. The number of aromatic nitrogens is 2. The van der Waals surface area contributed by atoms with Gasteiger partial charge in [0.1, 0.15) is 9.24 Å². The number of aromatic amines is 1. The van der Waals surface area contributed by atoms with Crippen molar-refractivity contribution in [2.24, 2.45) is 0 Å². The molecule has 2 aliphatic rings. The summed E-state index contributed by atoms with van der Waals surface area (Å²) >= 11 is 2.98. The predicted molar refractivity (Wildman–Crippen MR) is 153 cm³/mol. The molecule has 1 fully saturated rings. The van der Waals surface area contributed by atoms with Crippen LogP contribution in [0, 0.1) is 0 Å². The Balaban J connectivity index is 1.35. The van der Waals surface area contributed by atoms with E-state index in [1.807, 2.05) is 43.5 Å². The molecule has 200 valence electrons. The Morgan fingerprint density at radius 1 is 1.11 bits per heavy atom. The first kappa shape index (κ1) is 26.7. The maximum absolute atomic E-state index is 13.3. The van der Waals surface area contributed by atoms with Crippen molar-refractivity contribution in [2.45, 2.75) is 26.8 Å². The number of rotatable bonds is 9. The Hall–Kier alpha value is -1.90. The summed E-state index contributed by atoms with van der Waals surface area (Å²) in [6.07, 6.45) is 4.45. The van der Waals surface area contributed by atoms with E-state index >= 15 is 0 Å². The first-order chi connectivity index (χ1) is 17.7. The Kier molecular flexibility index (Phi) is 7.72. The van der Waals surface area contributed by atoms with Crippen molar-refractivity contribution in [1.29, 1.82) is 0 Å². The number of hydrogen-bond acceptors (Lipinski definition) is 8. The molecule has 0 aliphatic carbocycles. The van der Waals surface area contributed by atoms with Crippen molar-refractivity contribution >= 4 is 59.7 Å². The van der Waals surface area contributed by atoms with Crippen LogP contribution in [0.15, 0.2) is 40.8 Å². The third kappa shape index (κ3) is 5.34. The molecule has 1 N–H and O–H groups in total. The van der Waals surface area contributed by atoms with Gasteiger partial charge in [-0.05, 0) is 32.4 Å². The lowest BCUT2D eigenvalue weighted by Gasteiger charge is -2.33. The SMILES string of the molecule is CCN(c1cccc2cc(-c3ncc(CN4CCN(S(=O)(=O)CC)CC4)s3)[nH]c12)S(=O)(=O)C1=CCCS1. The minimum absolute atomic E-state index is 0.135. The topological polar surface area (TPSA) is 107 Å². The molecule has 0 saturated carbocycles. The summed E-state index contributed by atoms with van der Waals surface area (Å²) in [6.45, 7) is 7.00. The minimum Gasteiger partial charge on any atom is -0.351 e. The van der Waals surface area contributed by atoms with Gasteiger partial charge < -0.3 is 4.98 Å². The number of thiazole rings is 1. The molecule has 37 heavy (non-hydrogen) atoms. The zero-order chi connectivity index (χ0) is 26.2. The summed E-state index contributed by atoms with van der Waals surface area (Å²) < 4.78 is 54.4. The van der Waals surface area contributed by atoms with Crippen LogP contribution in [0.25, 0.3) is 21.6 Å². The lowest BCUT2D eigenvalue weighted by molar-refractivity contribution is 0.183. The highest BCUT2D eigenvalue weighted by Gasteiger charge is 2.30. The second kappa shape index (κ2) is 10.7. The van der Waals surface area contributed by atoms with Crippen LogP contribution < -0.4 is 4.31 Å². The van der Waals surface area contributed by atoms with E-state index in [0.29, 0.717) is 42.6 Å². The molecule has 0 radical (unpaired) electrons. The molecular weight excluding hydrogens is 551 g/mol. The largest absolute Gasteiger partial charge is 0.351 e. The van der Waals surface area contributed by atoms with Gasteiger partial charge in [0.05, 0.1) is 22.7 Å². The number of anilines is 1. The molecule has 9 nitrogen and oxygen atoms in total. The third-order valence-electron chi connectivity index (χ3n) is 6.66. The van der Waals surface area contributed by atoms with Crippen LogP contribution >= 0.6 is 23.1 Å². The van der Waals surface area contributed by atoms with Gasteiger partial charge in [0.2, 0.25) is 10.0 Å². The Morgan fingerprint density at radius 2 is 1.89 bits per heavy atom. The number of H-pyrrole nitrogens is 1. The normalized spacial score (nSPS) is 17.9. The van der Waals surface area contributed by atoms with Gasteiger partial charge in [-0.2, -0.15) is 4.31 Å². The van der Waals surface area contributed by atoms with Gasteiger partial charge in [-0.15, -0.1) is 23.1 Å². The van der Waals surface area contributed by atoms with E-state index in [4.69, 9.17) is 0 Å². The number of fused-ring (bicyclic) bond motifs is 1. The van der Waals surface area contributed by atoms with Gasteiger partial charge in [0.25, 0.3) is 10.0 Å². The first-order valence-electron chi connectivity index (χ1n) is 12.4. The second-order valence-electron chi connectivity index (χ2n) is 8.96. The van der Waals surface area contributed by atoms with Crippen LogP contribution in [0.1, 0.15) is 25.1 Å². The molecule has 2 aliphatic heterocycles. The van der Waals surface area contributed by atoms with Gasteiger partial charge in [-0.25, -0.2) is 21.8 Å². The van der Waals surface area contributed by atoms with Crippen LogP contribution in [-0.2, 0) is 26.6 Å². The minimum atomic E-state index is -3.60. The Bertz CT molecular complexity index is 1520. The molecule has 3 aromatic rings. The molecular formula is C24H31N5O4S4.